The Morgan fingerprint density at radius 2 is 1.81 bits per heavy atom. The summed E-state index contributed by atoms with van der Waals surface area (Å²) in [4.78, 5) is 23.4. The summed E-state index contributed by atoms with van der Waals surface area (Å²) in [5.74, 6) is -1.97. The number of carbonyl (C=O) groups excluding carboxylic acids is 1. The molecule has 2 rings (SSSR count). The Balaban J connectivity index is 2.30. The fourth-order valence-electron chi connectivity index (χ4n) is 2.25. The Morgan fingerprint density at radius 3 is 2.31 bits per heavy atom. The molecule has 0 fully saturated rings. The number of nitrogens with one attached hydrogen (secondary N) is 1. The molecule has 11 heteroatoms. The fourth-order valence-corrected chi connectivity index (χ4v) is 2.91. The van der Waals surface area contributed by atoms with Crippen LogP contribution in [0.4, 0.5) is 0 Å². The van der Waals surface area contributed by atoms with Crippen LogP contribution in [0.2, 0.25) is 0 Å². The quantitative estimate of drug-likeness (QED) is 0.407. The van der Waals surface area contributed by atoms with Crippen LogP contribution in [-0.4, -0.2) is 58.8 Å². The first-order valence-corrected chi connectivity index (χ1v) is 8.81. The summed E-state index contributed by atoms with van der Waals surface area (Å²) in [6, 6.07) is 7.02. The molecule has 0 radical (unpaired) electrons. The van der Waals surface area contributed by atoms with E-state index in [1.165, 1.54) is 30.3 Å². The smallest absolute Gasteiger partial charge is 0.354 e. The van der Waals surface area contributed by atoms with Gasteiger partial charge in [-0.2, -0.15) is 8.42 Å². The average Bonchev–Trinajstić information content (AvgIpc) is 3.05. The maximum absolute atomic E-state index is 11.9. The molecule has 0 bridgehead atoms. The highest BCUT2D eigenvalue weighted by molar-refractivity contribution is 7.87. The average molecular weight is 383 g/mol. The van der Waals surface area contributed by atoms with Gasteiger partial charge in [0.1, 0.15) is 0 Å². The molecule has 1 aromatic heterocycles. The highest BCUT2D eigenvalue weighted by Gasteiger charge is 2.22. The number of hydrogen-bond acceptors (Lipinski definition) is 6. The number of hydrogen-bond donors (Lipinski definition) is 5. The van der Waals surface area contributed by atoms with E-state index in [1.54, 1.807) is 0 Å². The number of carboxylic acids is 1. The summed E-state index contributed by atoms with van der Waals surface area (Å²) in [6.07, 6.45) is -0.0419. The summed E-state index contributed by atoms with van der Waals surface area (Å²) in [6.45, 7) is -0.615. The van der Waals surface area contributed by atoms with Crippen LogP contribution in [-0.2, 0) is 10.2 Å². The van der Waals surface area contributed by atoms with Crippen molar-refractivity contribution in [3.8, 4) is 11.1 Å². The van der Waals surface area contributed by atoms with Crippen molar-refractivity contribution in [1.29, 1.82) is 0 Å². The van der Waals surface area contributed by atoms with Crippen LogP contribution in [0.25, 0.3) is 11.1 Å². The highest BCUT2D eigenvalue weighted by atomic mass is 32.2. The minimum atomic E-state index is -4.28. The van der Waals surface area contributed by atoms with Crippen molar-refractivity contribution in [3.63, 3.8) is 0 Å². The lowest BCUT2D eigenvalue weighted by atomic mass is 10.0. The van der Waals surface area contributed by atoms with Crippen molar-refractivity contribution in [2.75, 3.05) is 13.2 Å². The molecule has 2 aromatic rings. The van der Waals surface area contributed by atoms with Gasteiger partial charge in [-0.25, -0.2) is 13.9 Å². The number of carbonyl (C=O) groups is 2. The molecule has 0 spiro atoms. The Bertz CT molecular complexity index is 919. The normalized spacial score (nSPS) is 12.6. The number of rotatable bonds is 7. The molecule has 26 heavy (non-hydrogen) atoms. The molecule has 0 saturated heterocycles. The third-order valence-corrected chi connectivity index (χ3v) is 4.35. The van der Waals surface area contributed by atoms with Gasteiger partial charge in [0.15, 0.2) is 5.69 Å². The van der Waals surface area contributed by atoms with Crippen LogP contribution in [0.1, 0.15) is 20.8 Å². The Morgan fingerprint density at radius 1 is 1.19 bits per heavy atom. The van der Waals surface area contributed by atoms with Gasteiger partial charge in [-0.05, 0) is 23.8 Å². The summed E-state index contributed by atoms with van der Waals surface area (Å²) in [5.41, 5.74) is 0.211. The monoisotopic (exact) mass is 383 g/mol. The third kappa shape index (κ3) is 4.26. The molecular weight excluding hydrogens is 366 g/mol. The van der Waals surface area contributed by atoms with Gasteiger partial charge in [-0.3, -0.25) is 4.79 Å². The SMILES string of the molecule is NS(=O)(=O)n1ccc(-c2ccc(C(=O)NCC(O)CO)cc2)c1C(=O)O. The van der Waals surface area contributed by atoms with Gasteiger partial charge >= 0.3 is 16.2 Å². The van der Waals surface area contributed by atoms with Crippen LogP contribution in [0.3, 0.4) is 0 Å². The molecule has 1 unspecified atom stereocenters. The molecule has 140 valence electrons. The second-order valence-corrected chi connectivity index (χ2v) is 6.77. The second kappa shape index (κ2) is 7.66. The second-order valence-electron chi connectivity index (χ2n) is 5.35. The predicted molar refractivity (Wildman–Crippen MR) is 90.8 cm³/mol. The van der Waals surface area contributed by atoms with Crippen molar-refractivity contribution >= 4 is 22.1 Å². The van der Waals surface area contributed by atoms with E-state index >= 15 is 0 Å². The Hall–Kier alpha value is -2.73. The number of aliphatic hydroxyl groups is 2. The molecule has 0 saturated carbocycles. The third-order valence-electron chi connectivity index (χ3n) is 3.50. The van der Waals surface area contributed by atoms with Crippen LogP contribution in [0.15, 0.2) is 36.5 Å². The lowest BCUT2D eigenvalue weighted by molar-refractivity contribution is 0.0689. The van der Waals surface area contributed by atoms with Gasteiger partial charge in [0.05, 0.1) is 12.7 Å². The first-order chi connectivity index (χ1) is 12.1. The van der Waals surface area contributed by atoms with E-state index in [0.717, 1.165) is 6.20 Å². The molecule has 1 atom stereocenters. The lowest BCUT2D eigenvalue weighted by Gasteiger charge is -2.09. The van der Waals surface area contributed by atoms with Crippen molar-refractivity contribution < 1.29 is 33.3 Å². The molecule has 1 heterocycles. The zero-order chi connectivity index (χ0) is 19.5. The minimum absolute atomic E-state index is 0.120. The van der Waals surface area contributed by atoms with Crippen LogP contribution < -0.4 is 10.5 Å². The number of aromatic nitrogens is 1. The predicted octanol–water partition coefficient (Wildman–Crippen LogP) is -1.01. The molecule has 0 aliphatic rings. The molecular formula is C15H17N3O7S. The standard InChI is InChI=1S/C15H17N3O7S/c16-26(24,25)18-6-5-12(13(18)15(22)23)9-1-3-10(4-2-9)14(21)17-7-11(20)8-19/h1-6,11,19-20H,7-8H2,(H,17,21)(H,22,23)(H2,16,24,25). The number of benzene rings is 1. The van der Waals surface area contributed by atoms with Crippen molar-refractivity contribution in [1.82, 2.24) is 9.29 Å². The first-order valence-electron chi connectivity index (χ1n) is 7.30. The fraction of sp³-hybridized carbons (Fsp3) is 0.200. The van der Waals surface area contributed by atoms with E-state index < -0.39 is 40.5 Å². The van der Waals surface area contributed by atoms with Gasteiger partial charge < -0.3 is 20.6 Å². The molecule has 6 N–H and O–H groups in total. The lowest BCUT2D eigenvalue weighted by Crippen LogP contribution is -2.33. The number of aliphatic hydroxyl groups excluding tert-OH is 2. The minimum Gasteiger partial charge on any atom is -0.477 e. The van der Waals surface area contributed by atoms with E-state index in [4.69, 9.17) is 10.2 Å². The molecule has 1 aromatic carbocycles. The van der Waals surface area contributed by atoms with Gasteiger partial charge in [0.25, 0.3) is 5.91 Å². The molecule has 0 aliphatic heterocycles. The largest absolute Gasteiger partial charge is 0.477 e. The number of amides is 1. The topological polar surface area (TPSA) is 172 Å². The number of nitrogens with zero attached hydrogens (tertiary/aromatic N) is 1. The number of aromatic carboxylic acids is 1. The number of nitrogens with two attached hydrogens (primary N) is 1. The summed E-state index contributed by atoms with van der Waals surface area (Å²) >= 11 is 0. The Kier molecular flexibility index (Phi) is 5.77. The zero-order valence-electron chi connectivity index (χ0n) is 13.4. The molecule has 0 aliphatic carbocycles. The van der Waals surface area contributed by atoms with E-state index in [-0.39, 0.29) is 17.7 Å². The number of carboxylic acid groups (broad SMARTS) is 1. The first kappa shape index (κ1) is 19.6. The van der Waals surface area contributed by atoms with Gasteiger partial charge in [0, 0.05) is 23.9 Å². The van der Waals surface area contributed by atoms with E-state index in [1.807, 2.05) is 0 Å². The zero-order valence-corrected chi connectivity index (χ0v) is 14.2. The van der Waals surface area contributed by atoms with Crippen LogP contribution in [0.5, 0.6) is 0 Å². The van der Waals surface area contributed by atoms with E-state index in [9.17, 15) is 28.2 Å². The summed E-state index contributed by atoms with van der Waals surface area (Å²) in [7, 11) is -4.28. The van der Waals surface area contributed by atoms with E-state index in [2.05, 4.69) is 5.32 Å². The van der Waals surface area contributed by atoms with Crippen molar-refractivity contribution in [2.45, 2.75) is 6.10 Å². The van der Waals surface area contributed by atoms with Crippen LogP contribution in [0, 0.1) is 0 Å². The van der Waals surface area contributed by atoms with E-state index in [0.29, 0.717) is 9.54 Å². The maximum atomic E-state index is 11.9. The van der Waals surface area contributed by atoms with Crippen LogP contribution >= 0.6 is 0 Å². The maximum Gasteiger partial charge on any atom is 0.354 e. The van der Waals surface area contributed by atoms with Gasteiger partial charge in [-0.15, -0.1) is 0 Å². The highest BCUT2D eigenvalue weighted by Crippen LogP contribution is 2.26. The molecule has 10 nitrogen and oxygen atoms in total. The Labute approximate surface area is 148 Å². The van der Waals surface area contributed by atoms with Crippen molar-refractivity contribution in [3.05, 3.63) is 47.8 Å². The van der Waals surface area contributed by atoms with Gasteiger partial charge in [0.2, 0.25) is 0 Å². The molecule has 1 amide bonds. The summed E-state index contributed by atoms with van der Waals surface area (Å²) < 4.78 is 23.4. The van der Waals surface area contributed by atoms with Crippen molar-refractivity contribution in [2.24, 2.45) is 5.14 Å². The van der Waals surface area contributed by atoms with Gasteiger partial charge in [-0.1, -0.05) is 12.1 Å². The summed E-state index contributed by atoms with van der Waals surface area (Å²) in [5, 5.41) is 34.6.